The van der Waals surface area contributed by atoms with Gasteiger partial charge in [0.05, 0.1) is 12.1 Å². The van der Waals surface area contributed by atoms with Gasteiger partial charge in [-0.05, 0) is 24.1 Å². The molecule has 1 heterocycles. The van der Waals surface area contributed by atoms with Gasteiger partial charge >= 0.3 is 0 Å². The van der Waals surface area contributed by atoms with Crippen molar-refractivity contribution in [3.63, 3.8) is 0 Å². The zero-order valence-corrected chi connectivity index (χ0v) is 11.4. The fourth-order valence-corrected chi connectivity index (χ4v) is 2.85. The van der Waals surface area contributed by atoms with Gasteiger partial charge < -0.3 is 10.5 Å². The van der Waals surface area contributed by atoms with E-state index >= 15 is 0 Å². The van der Waals surface area contributed by atoms with Gasteiger partial charge in [-0.15, -0.1) is 0 Å². The molecule has 1 aliphatic heterocycles. The molecule has 1 aliphatic rings. The fraction of sp³-hybridized carbons (Fsp3) is 0.250. The summed E-state index contributed by atoms with van der Waals surface area (Å²) >= 11 is 6.25. The Morgan fingerprint density at radius 1 is 1.11 bits per heavy atom. The second kappa shape index (κ2) is 4.87. The molecular formula is C16H16ClNO. The summed E-state index contributed by atoms with van der Waals surface area (Å²) in [6.07, 6.45) is 1.53. The minimum absolute atomic E-state index is 0.403. The first-order chi connectivity index (χ1) is 9.19. The molecule has 0 amide bonds. The highest BCUT2D eigenvalue weighted by molar-refractivity contribution is 6.31. The lowest BCUT2D eigenvalue weighted by Crippen LogP contribution is -2.43. The van der Waals surface area contributed by atoms with Gasteiger partial charge in [-0.1, -0.05) is 48.0 Å². The van der Waals surface area contributed by atoms with E-state index in [2.05, 4.69) is 0 Å². The zero-order valence-electron chi connectivity index (χ0n) is 10.6. The first-order valence-electron chi connectivity index (χ1n) is 6.44. The number of rotatable bonds is 2. The average Bonchev–Trinajstić information content (AvgIpc) is 2.42. The zero-order chi connectivity index (χ0) is 13.3. The lowest BCUT2D eigenvalue weighted by Gasteiger charge is -2.36. The largest absolute Gasteiger partial charge is 0.493 e. The molecule has 0 radical (unpaired) electrons. The molecule has 2 aromatic carbocycles. The summed E-state index contributed by atoms with van der Waals surface area (Å²) in [6, 6.07) is 15.9. The van der Waals surface area contributed by atoms with Crippen LogP contribution in [-0.2, 0) is 12.0 Å². The number of hydrogen-bond acceptors (Lipinski definition) is 2. The Hall–Kier alpha value is -1.51. The number of benzene rings is 2. The molecule has 1 unspecified atom stereocenters. The molecule has 3 rings (SSSR count). The number of nitrogens with two attached hydrogens (primary N) is 1. The lowest BCUT2D eigenvalue weighted by molar-refractivity contribution is 0.215. The number of ether oxygens (including phenoxy) is 1. The van der Waals surface area contributed by atoms with Crippen LogP contribution in [-0.4, -0.2) is 6.61 Å². The van der Waals surface area contributed by atoms with Crippen LogP contribution in [0.2, 0.25) is 5.02 Å². The van der Waals surface area contributed by atoms with Gasteiger partial charge in [-0.3, -0.25) is 0 Å². The third kappa shape index (κ3) is 2.34. The van der Waals surface area contributed by atoms with Crippen molar-refractivity contribution in [2.45, 2.75) is 18.4 Å². The van der Waals surface area contributed by atoms with Crippen molar-refractivity contribution < 1.29 is 4.74 Å². The molecule has 0 saturated carbocycles. The molecule has 0 bridgehead atoms. The van der Waals surface area contributed by atoms with Gasteiger partial charge in [-0.25, -0.2) is 0 Å². The number of para-hydroxylation sites is 1. The van der Waals surface area contributed by atoms with Crippen LogP contribution in [0.3, 0.4) is 0 Å². The first-order valence-corrected chi connectivity index (χ1v) is 6.81. The summed E-state index contributed by atoms with van der Waals surface area (Å²) in [5.74, 6) is 0.892. The van der Waals surface area contributed by atoms with Crippen molar-refractivity contribution in [1.82, 2.24) is 0 Å². The van der Waals surface area contributed by atoms with E-state index in [0.717, 1.165) is 34.7 Å². The summed E-state index contributed by atoms with van der Waals surface area (Å²) in [7, 11) is 0. The monoisotopic (exact) mass is 273 g/mol. The molecule has 0 aromatic heterocycles. The van der Waals surface area contributed by atoms with E-state index in [1.165, 1.54) is 0 Å². The van der Waals surface area contributed by atoms with Crippen LogP contribution in [0, 0.1) is 0 Å². The Bertz CT molecular complexity index is 599. The van der Waals surface area contributed by atoms with E-state index in [1.54, 1.807) is 0 Å². The molecule has 2 N–H and O–H groups in total. The van der Waals surface area contributed by atoms with Crippen LogP contribution in [0.4, 0.5) is 0 Å². The van der Waals surface area contributed by atoms with E-state index in [9.17, 15) is 0 Å². The van der Waals surface area contributed by atoms with Crippen molar-refractivity contribution in [3.8, 4) is 5.75 Å². The van der Waals surface area contributed by atoms with Gasteiger partial charge in [-0.2, -0.15) is 0 Å². The Balaban J connectivity index is 1.99. The molecule has 2 aromatic rings. The maximum Gasteiger partial charge on any atom is 0.124 e. The molecular weight excluding hydrogens is 258 g/mol. The van der Waals surface area contributed by atoms with Crippen molar-refractivity contribution in [2.75, 3.05) is 6.61 Å². The summed E-state index contributed by atoms with van der Waals surface area (Å²) in [4.78, 5) is 0. The summed E-state index contributed by atoms with van der Waals surface area (Å²) in [6.45, 7) is 0.651. The normalized spacial score (nSPS) is 21.6. The second-order valence-corrected chi connectivity index (χ2v) is 5.43. The van der Waals surface area contributed by atoms with Crippen LogP contribution in [0.25, 0.3) is 0 Å². The van der Waals surface area contributed by atoms with Crippen molar-refractivity contribution in [3.05, 3.63) is 64.7 Å². The minimum atomic E-state index is -0.403. The van der Waals surface area contributed by atoms with Gasteiger partial charge in [0.1, 0.15) is 5.75 Å². The fourth-order valence-electron chi connectivity index (χ4n) is 2.65. The number of halogens is 1. The Morgan fingerprint density at radius 2 is 1.84 bits per heavy atom. The Labute approximate surface area is 118 Å². The molecule has 19 heavy (non-hydrogen) atoms. The molecule has 0 aliphatic carbocycles. The molecule has 0 saturated heterocycles. The van der Waals surface area contributed by atoms with E-state index in [-0.39, 0.29) is 0 Å². The Kier molecular flexibility index (Phi) is 3.21. The SMILES string of the molecule is NC1(Cc2ccccc2Cl)CCOc2ccccc21. The highest BCUT2D eigenvalue weighted by Gasteiger charge is 2.34. The molecule has 0 fully saturated rings. The minimum Gasteiger partial charge on any atom is -0.493 e. The average molecular weight is 274 g/mol. The van der Waals surface area contributed by atoms with Crippen LogP contribution in [0.1, 0.15) is 17.5 Å². The van der Waals surface area contributed by atoms with Crippen LogP contribution in [0.5, 0.6) is 5.75 Å². The van der Waals surface area contributed by atoms with Crippen LogP contribution < -0.4 is 10.5 Å². The smallest absolute Gasteiger partial charge is 0.124 e. The topological polar surface area (TPSA) is 35.2 Å². The summed E-state index contributed by atoms with van der Waals surface area (Å²) in [5.41, 5.74) is 8.39. The quantitative estimate of drug-likeness (QED) is 0.909. The van der Waals surface area contributed by atoms with Crippen molar-refractivity contribution in [1.29, 1.82) is 0 Å². The van der Waals surface area contributed by atoms with Crippen LogP contribution in [0.15, 0.2) is 48.5 Å². The van der Waals surface area contributed by atoms with Gasteiger partial charge in [0.2, 0.25) is 0 Å². The third-order valence-electron chi connectivity index (χ3n) is 3.69. The highest BCUT2D eigenvalue weighted by atomic mass is 35.5. The molecule has 3 heteroatoms. The second-order valence-electron chi connectivity index (χ2n) is 5.02. The molecule has 0 spiro atoms. The third-order valence-corrected chi connectivity index (χ3v) is 4.06. The predicted molar refractivity (Wildman–Crippen MR) is 77.6 cm³/mol. The lowest BCUT2D eigenvalue weighted by atomic mass is 9.80. The molecule has 1 atom stereocenters. The first kappa shape index (κ1) is 12.5. The van der Waals surface area contributed by atoms with Crippen molar-refractivity contribution in [2.24, 2.45) is 5.73 Å². The van der Waals surface area contributed by atoms with E-state index in [1.807, 2.05) is 48.5 Å². The van der Waals surface area contributed by atoms with Crippen LogP contribution >= 0.6 is 11.6 Å². The van der Waals surface area contributed by atoms with E-state index in [0.29, 0.717) is 6.61 Å². The standard InChI is InChI=1S/C16H16ClNO/c17-14-7-3-1-5-12(14)11-16(18)9-10-19-15-8-4-2-6-13(15)16/h1-8H,9-11,18H2. The summed E-state index contributed by atoms with van der Waals surface area (Å²) in [5, 5.41) is 0.774. The van der Waals surface area contributed by atoms with Crippen molar-refractivity contribution >= 4 is 11.6 Å². The van der Waals surface area contributed by atoms with Gasteiger partial charge in [0, 0.05) is 17.0 Å². The van der Waals surface area contributed by atoms with Gasteiger partial charge in [0.15, 0.2) is 0 Å². The maximum absolute atomic E-state index is 6.63. The maximum atomic E-state index is 6.63. The highest BCUT2D eigenvalue weighted by Crippen LogP contribution is 2.38. The molecule has 2 nitrogen and oxygen atoms in total. The summed E-state index contributed by atoms with van der Waals surface area (Å²) < 4.78 is 5.67. The Morgan fingerprint density at radius 3 is 2.68 bits per heavy atom. The van der Waals surface area contributed by atoms with E-state index < -0.39 is 5.54 Å². The number of hydrogen-bond donors (Lipinski definition) is 1. The van der Waals surface area contributed by atoms with Gasteiger partial charge in [0.25, 0.3) is 0 Å². The van der Waals surface area contributed by atoms with E-state index in [4.69, 9.17) is 22.1 Å². The number of fused-ring (bicyclic) bond motifs is 1. The predicted octanol–water partition coefficient (Wildman–Crippen LogP) is 3.52. The molecule has 98 valence electrons.